The van der Waals surface area contributed by atoms with Crippen molar-refractivity contribution in [3.8, 4) is 0 Å². The van der Waals surface area contributed by atoms with Crippen LogP contribution in [-0.2, 0) is 6.18 Å². The van der Waals surface area contributed by atoms with Crippen LogP contribution in [-0.4, -0.2) is 11.9 Å². The molecule has 2 rings (SSSR count). The van der Waals surface area contributed by atoms with Gasteiger partial charge in [-0.2, -0.15) is 13.2 Å². The molecule has 0 aliphatic heterocycles. The maximum atomic E-state index is 12.9. The molecule has 1 aliphatic rings. The van der Waals surface area contributed by atoms with Crippen LogP contribution in [0.25, 0.3) is 0 Å². The number of nitrogens with two attached hydrogens (primary N) is 1. The van der Waals surface area contributed by atoms with E-state index in [1.165, 1.54) is 12.1 Å². The maximum Gasteiger partial charge on any atom is 0.418 e. The zero-order valence-electron chi connectivity index (χ0n) is 11.6. The SMILES string of the molecule is CC1CCC(NC(=O)c2cccc(C(F)(F)F)c2NN)C1. The summed E-state index contributed by atoms with van der Waals surface area (Å²) in [4.78, 5) is 12.2. The fraction of sp³-hybridized carbons (Fsp3) is 0.500. The van der Waals surface area contributed by atoms with Crippen LogP contribution in [0.1, 0.15) is 42.1 Å². The van der Waals surface area contributed by atoms with E-state index in [-0.39, 0.29) is 11.6 Å². The molecule has 21 heavy (non-hydrogen) atoms. The van der Waals surface area contributed by atoms with Crippen molar-refractivity contribution >= 4 is 11.6 Å². The van der Waals surface area contributed by atoms with Crippen molar-refractivity contribution in [2.75, 3.05) is 5.43 Å². The number of hydrogen-bond donors (Lipinski definition) is 3. The van der Waals surface area contributed by atoms with Crippen molar-refractivity contribution in [3.63, 3.8) is 0 Å². The molecule has 7 heteroatoms. The van der Waals surface area contributed by atoms with Gasteiger partial charge in [-0.05, 0) is 37.3 Å². The lowest BCUT2D eigenvalue weighted by Gasteiger charge is -2.18. The Labute approximate surface area is 120 Å². The minimum atomic E-state index is -4.57. The third-order valence-electron chi connectivity index (χ3n) is 3.79. The van der Waals surface area contributed by atoms with Gasteiger partial charge in [0.1, 0.15) is 0 Å². The lowest BCUT2D eigenvalue weighted by atomic mass is 10.1. The van der Waals surface area contributed by atoms with Crippen LogP contribution >= 0.6 is 0 Å². The zero-order chi connectivity index (χ0) is 15.6. The van der Waals surface area contributed by atoms with E-state index in [4.69, 9.17) is 5.84 Å². The summed E-state index contributed by atoms with van der Waals surface area (Å²) in [6, 6.07) is 3.44. The second-order valence-corrected chi connectivity index (χ2v) is 5.46. The highest BCUT2D eigenvalue weighted by Gasteiger charge is 2.35. The van der Waals surface area contributed by atoms with Gasteiger partial charge in [-0.15, -0.1) is 0 Å². The first kappa shape index (κ1) is 15.6. The topological polar surface area (TPSA) is 67.2 Å². The summed E-state index contributed by atoms with van der Waals surface area (Å²) in [5, 5.41) is 2.78. The first-order chi connectivity index (χ1) is 9.82. The van der Waals surface area contributed by atoms with E-state index in [9.17, 15) is 18.0 Å². The van der Waals surface area contributed by atoms with Crippen molar-refractivity contribution in [2.45, 2.75) is 38.4 Å². The van der Waals surface area contributed by atoms with Gasteiger partial charge in [0.25, 0.3) is 5.91 Å². The average Bonchev–Trinajstić information content (AvgIpc) is 2.82. The standard InChI is InChI=1S/C14H18F3N3O/c1-8-5-6-9(7-8)19-13(21)10-3-2-4-11(12(10)20-18)14(15,16)17/h2-4,8-9,20H,5-7,18H2,1H3,(H,19,21). The smallest absolute Gasteiger partial charge is 0.349 e. The van der Waals surface area contributed by atoms with Gasteiger partial charge >= 0.3 is 6.18 Å². The number of alkyl halides is 3. The Kier molecular flexibility index (Phi) is 4.41. The Bertz CT molecular complexity index is 531. The van der Waals surface area contributed by atoms with Crippen LogP contribution in [0.15, 0.2) is 18.2 Å². The number of hydrazine groups is 1. The Balaban J connectivity index is 2.24. The van der Waals surface area contributed by atoms with E-state index in [0.717, 1.165) is 25.3 Å². The monoisotopic (exact) mass is 301 g/mol. The molecule has 0 aromatic heterocycles. The molecule has 1 aliphatic carbocycles. The summed E-state index contributed by atoms with van der Waals surface area (Å²) in [6.45, 7) is 2.09. The molecule has 1 aromatic rings. The number of halogens is 3. The molecule has 116 valence electrons. The van der Waals surface area contributed by atoms with E-state index in [1.54, 1.807) is 0 Å². The first-order valence-corrected chi connectivity index (χ1v) is 6.80. The lowest BCUT2D eigenvalue weighted by Crippen LogP contribution is -2.34. The molecule has 1 amide bonds. The molecule has 2 atom stereocenters. The quantitative estimate of drug-likeness (QED) is 0.594. The molecule has 0 radical (unpaired) electrons. The summed E-state index contributed by atoms with van der Waals surface area (Å²) in [7, 11) is 0. The Morgan fingerprint density at radius 3 is 2.57 bits per heavy atom. The molecule has 4 nitrogen and oxygen atoms in total. The van der Waals surface area contributed by atoms with Crippen LogP contribution in [0.2, 0.25) is 0 Å². The number of hydrogen-bond acceptors (Lipinski definition) is 3. The van der Waals surface area contributed by atoms with Crippen molar-refractivity contribution in [1.29, 1.82) is 0 Å². The molecule has 2 unspecified atom stereocenters. The third-order valence-corrected chi connectivity index (χ3v) is 3.79. The number of anilines is 1. The fourth-order valence-corrected chi connectivity index (χ4v) is 2.73. The van der Waals surface area contributed by atoms with Crippen molar-refractivity contribution in [2.24, 2.45) is 11.8 Å². The van der Waals surface area contributed by atoms with Crippen LogP contribution in [0.3, 0.4) is 0 Å². The van der Waals surface area contributed by atoms with Gasteiger partial charge in [-0.25, -0.2) is 0 Å². The van der Waals surface area contributed by atoms with Crippen LogP contribution in [0.4, 0.5) is 18.9 Å². The summed E-state index contributed by atoms with van der Waals surface area (Å²) in [6.07, 6.45) is -1.87. The minimum Gasteiger partial charge on any atom is -0.349 e. The number of carbonyl (C=O) groups is 1. The minimum absolute atomic E-state index is 0.00710. The molecule has 0 bridgehead atoms. The lowest BCUT2D eigenvalue weighted by molar-refractivity contribution is -0.137. The van der Waals surface area contributed by atoms with Crippen LogP contribution in [0, 0.1) is 5.92 Å². The highest BCUT2D eigenvalue weighted by molar-refractivity contribution is 6.00. The van der Waals surface area contributed by atoms with Gasteiger partial charge in [0.15, 0.2) is 0 Å². The second kappa shape index (κ2) is 5.93. The molecule has 1 aromatic carbocycles. The van der Waals surface area contributed by atoms with Gasteiger partial charge < -0.3 is 10.7 Å². The van der Waals surface area contributed by atoms with Crippen LogP contribution in [0.5, 0.6) is 0 Å². The summed E-state index contributed by atoms with van der Waals surface area (Å²) in [5.74, 6) is 5.17. The first-order valence-electron chi connectivity index (χ1n) is 6.80. The van der Waals surface area contributed by atoms with Gasteiger partial charge in [0, 0.05) is 6.04 Å². The molecular weight excluding hydrogens is 283 g/mol. The number of amides is 1. The summed E-state index contributed by atoms with van der Waals surface area (Å²) >= 11 is 0. The molecule has 0 heterocycles. The molecule has 0 spiro atoms. The highest BCUT2D eigenvalue weighted by Crippen LogP contribution is 2.36. The number of nitrogen functional groups attached to an aromatic ring is 1. The number of nitrogens with one attached hydrogen (secondary N) is 2. The van der Waals surface area contributed by atoms with Crippen LogP contribution < -0.4 is 16.6 Å². The van der Waals surface area contributed by atoms with Crippen molar-refractivity contribution in [3.05, 3.63) is 29.3 Å². The van der Waals surface area contributed by atoms with Crippen molar-refractivity contribution < 1.29 is 18.0 Å². The average molecular weight is 301 g/mol. The number of carbonyl (C=O) groups excluding carboxylic acids is 1. The fourth-order valence-electron chi connectivity index (χ4n) is 2.73. The normalized spacial score (nSPS) is 22.1. The van der Waals surface area contributed by atoms with E-state index >= 15 is 0 Å². The van der Waals surface area contributed by atoms with E-state index in [2.05, 4.69) is 12.2 Å². The molecular formula is C14H18F3N3O. The zero-order valence-corrected chi connectivity index (χ0v) is 11.6. The van der Waals surface area contributed by atoms with Gasteiger partial charge in [-0.3, -0.25) is 10.6 Å². The van der Waals surface area contributed by atoms with Gasteiger partial charge in [-0.1, -0.05) is 13.0 Å². The summed E-state index contributed by atoms with van der Waals surface area (Å²) < 4.78 is 38.7. The maximum absolute atomic E-state index is 12.9. The Morgan fingerprint density at radius 2 is 2.05 bits per heavy atom. The second-order valence-electron chi connectivity index (χ2n) is 5.46. The van der Waals surface area contributed by atoms with Gasteiger partial charge in [0.2, 0.25) is 0 Å². The Hall–Kier alpha value is -1.76. The molecule has 0 saturated heterocycles. The third kappa shape index (κ3) is 3.47. The number of rotatable bonds is 3. The predicted octanol–water partition coefficient (Wildman–Crippen LogP) is 2.91. The highest BCUT2D eigenvalue weighted by atomic mass is 19.4. The Morgan fingerprint density at radius 1 is 1.33 bits per heavy atom. The van der Waals surface area contributed by atoms with Gasteiger partial charge in [0.05, 0.1) is 16.8 Å². The van der Waals surface area contributed by atoms with E-state index in [1.807, 2.05) is 5.43 Å². The molecule has 1 saturated carbocycles. The predicted molar refractivity (Wildman–Crippen MR) is 73.5 cm³/mol. The molecule has 1 fully saturated rings. The van der Waals surface area contributed by atoms with E-state index < -0.39 is 23.3 Å². The summed E-state index contributed by atoms with van der Waals surface area (Å²) in [5.41, 5.74) is 0.572. The van der Waals surface area contributed by atoms with Crippen molar-refractivity contribution in [1.82, 2.24) is 5.32 Å². The largest absolute Gasteiger partial charge is 0.418 e. The molecule has 4 N–H and O–H groups in total. The van der Waals surface area contributed by atoms with E-state index in [0.29, 0.717) is 5.92 Å². The number of para-hydroxylation sites is 1. The number of benzene rings is 1.